The summed E-state index contributed by atoms with van der Waals surface area (Å²) in [6.07, 6.45) is 21.4. The fourth-order valence-electron chi connectivity index (χ4n) is 8.75. The largest absolute Gasteiger partial charge is 0.330 e. The van der Waals surface area contributed by atoms with Crippen molar-refractivity contribution in [2.75, 3.05) is 11.4 Å². The summed E-state index contributed by atoms with van der Waals surface area (Å²) in [5.74, 6) is 1.59. The zero-order valence-corrected chi connectivity index (χ0v) is 30.9. The molecule has 2 aromatic heterocycles. The number of hydrogen-bond acceptors (Lipinski definition) is 3. The predicted molar refractivity (Wildman–Crippen MR) is 201 cm³/mol. The Labute approximate surface area is 290 Å². The molecule has 2 heterocycles. The number of benzene rings is 1. The lowest BCUT2D eigenvalue weighted by Gasteiger charge is -2.55. The summed E-state index contributed by atoms with van der Waals surface area (Å²) < 4.78 is 2.05. The van der Waals surface area contributed by atoms with Crippen LogP contribution in [0.2, 0.25) is 0 Å². The Morgan fingerprint density at radius 2 is 1.72 bits per heavy atom. The summed E-state index contributed by atoms with van der Waals surface area (Å²) in [5.41, 5.74) is 10.6. The molecule has 0 spiro atoms. The monoisotopic (exact) mass is 654 g/mol. The van der Waals surface area contributed by atoms with Crippen LogP contribution < -0.4 is 4.90 Å². The van der Waals surface area contributed by atoms with E-state index < -0.39 is 0 Å². The van der Waals surface area contributed by atoms with Gasteiger partial charge in [-0.2, -0.15) is 5.10 Å². The molecule has 4 aliphatic carbocycles. The Hall–Kier alpha value is -2.85. The summed E-state index contributed by atoms with van der Waals surface area (Å²) >= 11 is 4.76. The number of rotatable bonds is 9. The van der Waals surface area contributed by atoms with Crippen molar-refractivity contribution >= 4 is 17.4 Å². The van der Waals surface area contributed by atoms with Gasteiger partial charge in [-0.1, -0.05) is 70.1 Å². The third-order valence-electron chi connectivity index (χ3n) is 12.1. The summed E-state index contributed by atoms with van der Waals surface area (Å²) in [6, 6.07) is 12.2. The molecule has 47 heavy (non-hydrogen) atoms. The van der Waals surface area contributed by atoms with Crippen LogP contribution in [-0.4, -0.2) is 21.3 Å². The number of hydrogen-bond donors (Lipinski definition) is 0. The number of aryl methyl sites for hydroxylation is 2. The number of pyridine rings is 1. The summed E-state index contributed by atoms with van der Waals surface area (Å²) in [7, 11) is 0. The van der Waals surface area contributed by atoms with E-state index in [1.54, 1.807) is 5.56 Å². The van der Waals surface area contributed by atoms with E-state index in [2.05, 4.69) is 94.6 Å². The Morgan fingerprint density at radius 1 is 1.02 bits per heavy atom. The molecule has 0 saturated heterocycles. The molecule has 254 valence electrons. The quantitative estimate of drug-likeness (QED) is 0.215. The van der Waals surface area contributed by atoms with Gasteiger partial charge in [-0.25, -0.2) is 4.98 Å². The molecule has 1 atom stereocenters. The molecular formula is C42H59ClN4. The smallest absolute Gasteiger partial charge is 0.133 e. The first-order valence-corrected chi connectivity index (χ1v) is 18.7. The molecule has 4 nitrogen and oxygen atoms in total. The second-order valence-electron chi connectivity index (χ2n) is 16.0. The summed E-state index contributed by atoms with van der Waals surface area (Å²) in [4.78, 5) is 7.63. The van der Waals surface area contributed by atoms with Gasteiger partial charge in [-0.3, -0.25) is 4.68 Å². The third kappa shape index (κ3) is 7.90. The molecule has 1 aromatic carbocycles. The number of fused-ring (bicyclic) bond motifs is 3. The Bertz CT molecular complexity index is 1510. The number of aromatic nitrogens is 3. The van der Waals surface area contributed by atoms with Gasteiger partial charge in [0.2, 0.25) is 0 Å². The first-order valence-electron chi connectivity index (χ1n) is 18.2. The van der Waals surface area contributed by atoms with Crippen LogP contribution >= 0.6 is 11.6 Å². The maximum absolute atomic E-state index is 5.04. The molecule has 3 aromatic rings. The van der Waals surface area contributed by atoms with E-state index >= 15 is 0 Å². The molecule has 2 bridgehead atoms. The van der Waals surface area contributed by atoms with Gasteiger partial charge >= 0.3 is 0 Å². The molecule has 5 heteroatoms. The fraction of sp³-hybridized carbons (Fsp3) is 0.571. The maximum Gasteiger partial charge on any atom is 0.133 e. The van der Waals surface area contributed by atoms with Crippen LogP contribution in [0.3, 0.4) is 0 Å². The van der Waals surface area contributed by atoms with E-state index in [4.69, 9.17) is 23.2 Å². The minimum absolute atomic E-state index is 0.327. The summed E-state index contributed by atoms with van der Waals surface area (Å²) in [6.45, 7) is 22.9. The average molecular weight is 655 g/mol. The maximum atomic E-state index is 5.04. The number of allylic oxidation sites excluding steroid dienone is 1. The first-order chi connectivity index (χ1) is 22.4. The van der Waals surface area contributed by atoms with Crippen LogP contribution in [0, 0.1) is 23.7 Å². The Balaban J connectivity index is 0.00000139. The molecule has 0 aliphatic heterocycles. The highest BCUT2D eigenvalue weighted by Crippen LogP contribution is 2.58. The molecule has 0 N–H and O–H groups in total. The standard InChI is InChI=1S/C40H56N4.C2H3Cl/c1-8-32-11-12-36(24-30(32)4)40-20-17-39(18-21-40,19-22-40)28-43(31(5)33-10-9-15-38(6,7)16-13-33)37-25-34(14-23-41-37)35-26-42-44(27-35)29(2)3;1-2-3/h11-12,14,23-27,29,33H,5,8-10,13,15-22,28H2,1-4,6-7H3;2H,1H2. The minimum atomic E-state index is 0.327. The molecule has 0 radical (unpaired) electrons. The molecule has 4 saturated carbocycles. The first kappa shape index (κ1) is 35.5. The van der Waals surface area contributed by atoms with E-state index in [9.17, 15) is 0 Å². The van der Waals surface area contributed by atoms with Crippen molar-refractivity contribution in [3.05, 3.63) is 90.0 Å². The van der Waals surface area contributed by atoms with E-state index in [0.717, 1.165) is 24.3 Å². The molecule has 0 amide bonds. The predicted octanol–water partition coefficient (Wildman–Crippen LogP) is 12.0. The Kier molecular flexibility index (Phi) is 11.1. The van der Waals surface area contributed by atoms with Crippen molar-refractivity contribution in [2.45, 2.75) is 130 Å². The zero-order valence-electron chi connectivity index (χ0n) is 30.1. The third-order valence-corrected chi connectivity index (χ3v) is 12.1. The molecule has 4 fully saturated rings. The average Bonchev–Trinajstić information content (AvgIpc) is 3.50. The lowest BCUT2D eigenvalue weighted by Crippen LogP contribution is -2.49. The normalized spacial score (nSPS) is 25.1. The molecule has 7 rings (SSSR count). The zero-order chi connectivity index (χ0) is 33.8. The van der Waals surface area contributed by atoms with E-state index in [1.807, 2.05) is 17.1 Å². The lowest BCUT2D eigenvalue weighted by atomic mass is 9.51. The van der Waals surface area contributed by atoms with Crippen LogP contribution in [0.4, 0.5) is 5.82 Å². The topological polar surface area (TPSA) is 34.0 Å². The van der Waals surface area contributed by atoms with Gasteiger partial charge in [0.1, 0.15) is 5.82 Å². The van der Waals surface area contributed by atoms with Gasteiger partial charge in [0.15, 0.2) is 0 Å². The van der Waals surface area contributed by atoms with Crippen LogP contribution in [0.15, 0.2) is 73.3 Å². The van der Waals surface area contributed by atoms with E-state index in [-0.39, 0.29) is 0 Å². The van der Waals surface area contributed by atoms with E-state index in [1.165, 1.54) is 98.6 Å². The van der Waals surface area contributed by atoms with Gasteiger partial charge in [-0.05, 0) is 153 Å². The molecule has 4 aliphatic rings. The van der Waals surface area contributed by atoms with Gasteiger partial charge in [-0.15, -0.1) is 0 Å². The van der Waals surface area contributed by atoms with Crippen molar-refractivity contribution < 1.29 is 0 Å². The SMILES string of the molecule is C=C(C1CCCC(C)(C)CC1)N(CC12CCC(c3ccc(CC)c(C)c3)(CC1)CC2)c1cc(-c2cnn(C(C)C)c2)ccn1.C=CCl. The van der Waals surface area contributed by atoms with Gasteiger partial charge < -0.3 is 4.90 Å². The van der Waals surface area contributed by atoms with Crippen molar-refractivity contribution in [1.82, 2.24) is 14.8 Å². The van der Waals surface area contributed by atoms with Gasteiger partial charge in [0.05, 0.1) is 6.20 Å². The summed E-state index contributed by atoms with van der Waals surface area (Å²) in [5, 5.41) is 4.63. The van der Waals surface area contributed by atoms with Crippen molar-refractivity contribution in [3.63, 3.8) is 0 Å². The van der Waals surface area contributed by atoms with Gasteiger partial charge in [0.25, 0.3) is 0 Å². The minimum Gasteiger partial charge on any atom is -0.330 e. The van der Waals surface area contributed by atoms with Crippen LogP contribution in [0.1, 0.15) is 128 Å². The van der Waals surface area contributed by atoms with Crippen molar-refractivity contribution in [2.24, 2.45) is 16.7 Å². The lowest BCUT2D eigenvalue weighted by molar-refractivity contribution is 0.0460. The number of nitrogens with zero attached hydrogens (tertiary/aromatic N) is 4. The number of halogens is 1. The highest BCUT2D eigenvalue weighted by Gasteiger charge is 2.50. The number of anilines is 1. The van der Waals surface area contributed by atoms with Crippen LogP contribution in [0.5, 0.6) is 0 Å². The van der Waals surface area contributed by atoms with Crippen LogP contribution in [0.25, 0.3) is 11.1 Å². The highest BCUT2D eigenvalue weighted by molar-refractivity contribution is 6.25. The fourth-order valence-corrected chi connectivity index (χ4v) is 8.75. The van der Waals surface area contributed by atoms with Crippen LogP contribution in [-0.2, 0) is 11.8 Å². The second kappa shape index (κ2) is 14.7. The van der Waals surface area contributed by atoms with Gasteiger partial charge in [0, 0.05) is 36.2 Å². The molecular weight excluding hydrogens is 596 g/mol. The highest BCUT2D eigenvalue weighted by atomic mass is 35.5. The second-order valence-corrected chi connectivity index (χ2v) is 16.3. The van der Waals surface area contributed by atoms with Crippen molar-refractivity contribution in [1.29, 1.82) is 0 Å². The molecule has 1 unspecified atom stereocenters. The Morgan fingerprint density at radius 3 is 2.34 bits per heavy atom. The van der Waals surface area contributed by atoms with Crippen molar-refractivity contribution in [3.8, 4) is 11.1 Å². The van der Waals surface area contributed by atoms with E-state index in [0.29, 0.717) is 28.2 Å².